The molecule has 1 spiro atoms. The summed E-state index contributed by atoms with van der Waals surface area (Å²) in [5.74, 6) is -4.28. The number of carboxylic acids is 1. The maximum atomic E-state index is 13.5. The summed E-state index contributed by atoms with van der Waals surface area (Å²) in [6.45, 7) is 6.71. The predicted molar refractivity (Wildman–Crippen MR) is 171 cm³/mol. The molecule has 266 valence electrons. The number of esters is 3. The van der Waals surface area contributed by atoms with Crippen molar-refractivity contribution in [3.63, 3.8) is 0 Å². The Balaban J connectivity index is 1.28. The molecule has 50 heavy (non-hydrogen) atoms. The van der Waals surface area contributed by atoms with Crippen LogP contribution >= 0.6 is 0 Å². The van der Waals surface area contributed by atoms with Crippen LogP contribution in [0.5, 0.6) is 11.5 Å². The third-order valence-electron chi connectivity index (χ3n) is 9.64. The van der Waals surface area contributed by atoms with Gasteiger partial charge in [-0.15, -0.1) is 0 Å². The van der Waals surface area contributed by atoms with Gasteiger partial charge in [-0.3, -0.25) is 9.59 Å². The molecule has 6 rings (SSSR count). The van der Waals surface area contributed by atoms with Crippen LogP contribution in [0.4, 0.5) is 4.79 Å². The Morgan fingerprint density at radius 3 is 2.42 bits per heavy atom. The number of carbonyl (C=O) groups excluding carboxylic acids is 4. The van der Waals surface area contributed by atoms with E-state index in [0.29, 0.717) is 24.9 Å². The van der Waals surface area contributed by atoms with Crippen LogP contribution in [0.3, 0.4) is 0 Å². The summed E-state index contributed by atoms with van der Waals surface area (Å²) in [5, 5.41) is 22.2. The number of hydrogen-bond acceptors (Lipinski definition) is 13. The van der Waals surface area contributed by atoms with Crippen molar-refractivity contribution in [2.75, 3.05) is 13.6 Å². The van der Waals surface area contributed by atoms with Crippen molar-refractivity contribution in [3.8, 4) is 11.5 Å². The van der Waals surface area contributed by atoms with Gasteiger partial charge in [-0.2, -0.15) is 0 Å². The number of likely N-dealkylation sites (tertiary alicyclic amines) is 1. The molecule has 0 radical (unpaired) electrons. The molecule has 2 bridgehead atoms. The van der Waals surface area contributed by atoms with Crippen LogP contribution in [0.15, 0.2) is 54.3 Å². The van der Waals surface area contributed by atoms with Crippen LogP contribution in [0.2, 0.25) is 0 Å². The number of carboxylic acid groups (broad SMARTS) is 1. The topological polar surface area (TPSA) is 184 Å². The van der Waals surface area contributed by atoms with Crippen molar-refractivity contribution in [1.29, 1.82) is 0 Å². The third kappa shape index (κ3) is 6.06. The summed E-state index contributed by atoms with van der Waals surface area (Å²) in [4.78, 5) is 65.3. The first-order valence-electron chi connectivity index (χ1n) is 16.3. The van der Waals surface area contributed by atoms with Crippen LogP contribution in [-0.4, -0.2) is 88.2 Å². The number of aliphatic hydroxyl groups is 1. The Morgan fingerprint density at radius 1 is 1.04 bits per heavy atom. The molecule has 2 aromatic rings. The minimum Gasteiger partial charge on any atom is -0.478 e. The molecule has 0 unspecified atom stereocenters. The molecule has 2 aliphatic heterocycles. The first-order valence-corrected chi connectivity index (χ1v) is 16.3. The van der Waals surface area contributed by atoms with E-state index < -0.39 is 71.4 Å². The molecule has 4 aliphatic rings. The van der Waals surface area contributed by atoms with Crippen molar-refractivity contribution >= 4 is 30.0 Å². The molecule has 1 fully saturated rings. The number of aliphatic carboxylic acids is 1. The Morgan fingerprint density at radius 2 is 1.76 bits per heavy atom. The molecular formula is C36H39NO13. The van der Waals surface area contributed by atoms with E-state index in [1.807, 2.05) is 13.1 Å². The van der Waals surface area contributed by atoms with E-state index in [1.54, 1.807) is 51.1 Å². The molecule has 0 amide bonds. The lowest BCUT2D eigenvalue weighted by atomic mass is 9.50. The summed E-state index contributed by atoms with van der Waals surface area (Å²) in [7, 11) is 1.94. The lowest BCUT2D eigenvalue weighted by Crippen LogP contribution is -2.74. The molecule has 1 saturated heterocycles. The van der Waals surface area contributed by atoms with E-state index in [0.717, 1.165) is 12.5 Å². The van der Waals surface area contributed by atoms with Crippen LogP contribution in [0.1, 0.15) is 69.8 Å². The molecule has 2 heterocycles. The first-order chi connectivity index (χ1) is 23.5. The maximum Gasteiger partial charge on any atom is 0.514 e. The number of benzene rings is 2. The Bertz CT molecular complexity index is 1760. The molecular weight excluding hydrogens is 654 g/mol. The second-order valence-electron chi connectivity index (χ2n) is 14.0. The van der Waals surface area contributed by atoms with Gasteiger partial charge in [-0.25, -0.2) is 14.4 Å². The lowest BCUT2D eigenvalue weighted by Gasteiger charge is -2.61. The standard InChI is InChI=1S/C36H39NO13/c1-19(38)45-24(32(42)49-28(31(40)41)20-9-7-6-8-10-20)18-26(39)46-23-13-14-36(44)25-17-21-11-12-22(47-33(43)50-34(2,3)4)29-27(21)35(36,30(23)48-29)15-16-37(25)5/h6-13,24-25,28,30,44H,14-18H2,1-5H3,(H,40,41)/t24-,25+,28-,30-,35-,36+/m0/s1. The SMILES string of the molecule is CC(=O)O[C@@H](CC(=O)OC1=CC[C@@]2(O)[C@H]3Cc4ccc(OC(=O)OC(C)(C)C)c5c4[C@@]2(CCN3C)[C@H]1O5)C(=O)O[C@H](C(=O)O)c1ccccc1. The zero-order chi connectivity index (χ0) is 36.2. The third-order valence-corrected chi connectivity index (χ3v) is 9.64. The number of nitrogens with zero attached hydrogens (tertiary/aromatic N) is 1. The van der Waals surface area contributed by atoms with Crippen LogP contribution in [-0.2, 0) is 50.0 Å². The summed E-state index contributed by atoms with van der Waals surface area (Å²) >= 11 is 0. The molecule has 2 N–H and O–H groups in total. The second-order valence-corrected chi connectivity index (χ2v) is 14.0. The second kappa shape index (κ2) is 12.7. The average molecular weight is 694 g/mol. The van der Waals surface area contributed by atoms with E-state index >= 15 is 0 Å². The normalized spacial score (nSPS) is 25.8. The van der Waals surface area contributed by atoms with E-state index in [-0.39, 0.29) is 35.3 Å². The van der Waals surface area contributed by atoms with Crippen LogP contribution in [0.25, 0.3) is 0 Å². The smallest absolute Gasteiger partial charge is 0.478 e. The van der Waals surface area contributed by atoms with Crippen molar-refractivity contribution < 1.29 is 62.6 Å². The highest BCUT2D eigenvalue weighted by Crippen LogP contribution is 2.65. The number of carbonyl (C=O) groups is 5. The first kappa shape index (κ1) is 34.9. The van der Waals surface area contributed by atoms with Gasteiger partial charge in [0, 0.05) is 30.5 Å². The van der Waals surface area contributed by atoms with Gasteiger partial charge in [0.15, 0.2) is 17.6 Å². The highest BCUT2D eigenvalue weighted by atomic mass is 16.7. The van der Waals surface area contributed by atoms with Crippen LogP contribution < -0.4 is 9.47 Å². The zero-order valence-electron chi connectivity index (χ0n) is 28.3. The van der Waals surface area contributed by atoms with E-state index in [9.17, 15) is 34.2 Å². The minimum atomic E-state index is -1.82. The van der Waals surface area contributed by atoms with Gasteiger partial charge in [-0.1, -0.05) is 36.4 Å². The maximum absolute atomic E-state index is 13.5. The van der Waals surface area contributed by atoms with Gasteiger partial charge in [-0.05, 0) is 64.9 Å². The minimum absolute atomic E-state index is 0.0536. The summed E-state index contributed by atoms with van der Waals surface area (Å²) in [5.41, 5.74) is -1.55. The van der Waals surface area contributed by atoms with Gasteiger partial charge in [0.25, 0.3) is 0 Å². The fourth-order valence-corrected chi connectivity index (χ4v) is 7.65. The van der Waals surface area contributed by atoms with Crippen molar-refractivity contribution in [3.05, 3.63) is 71.0 Å². The molecule has 6 atom stereocenters. The summed E-state index contributed by atoms with van der Waals surface area (Å²) < 4.78 is 33.6. The van der Waals surface area contributed by atoms with Gasteiger partial charge < -0.3 is 43.5 Å². The molecule has 2 aromatic carbocycles. The largest absolute Gasteiger partial charge is 0.514 e. The van der Waals surface area contributed by atoms with E-state index in [4.69, 9.17) is 28.4 Å². The fraction of sp³-hybridized carbons (Fsp3) is 0.472. The van der Waals surface area contributed by atoms with Gasteiger partial charge in [0.1, 0.15) is 11.4 Å². The number of ether oxygens (including phenoxy) is 6. The Labute approximate surface area is 287 Å². The quantitative estimate of drug-likeness (QED) is 0.221. The fourth-order valence-electron chi connectivity index (χ4n) is 7.65. The monoisotopic (exact) mass is 693 g/mol. The lowest BCUT2D eigenvalue weighted by molar-refractivity contribution is -0.180. The number of likely N-dealkylation sites (N-methyl/N-ethyl adjacent to an activating group) is 1. The number of rotatable bonds is 9. The van der Waals surface area contributed by atoms with Crippen LogP contribution in [0, 0.1) is 0 Å². The highest BCUT2D eigenvalue weighted by Gasteiger charge is 2.72. The average Bonchev–Trinajstić information content (AvgIpc) is 3.39. The number of hydrogen-bond donors (Lipinski definition) is 2. The number of piperidine rings is 1. The summed E-state index contributed by atoms with van der Waals surface area (Å²) in [6.07, 6.45) is -3.78. The molecule has 14 heteroatoms. The molecule has 2 aliphatic carbocycles. The van der Waals surface area contributed by atoms with E-state index in [2.05, 4.69) is 4.90 Å². The van der Waals surface area contributed by atoms with Gasteiger partial charge in [0.2, 0.25) is 12.2 Å². The van der Waals surface area contributed by atoms with Crippen molar-refractivity contribution in [1.82, 2.24) is 4.90 Å². The molecule has 14 nitrogen and oxygen atoms in total. The van der Waals surface area contributed by atoms with Gasteiger partial charge >= 0.3 is 30.0 Å². The molecule has 0 aromatic heterocycles. The van der Waals surface area contributed by atoms with E-state index in [1.165, 1.54) is 12.1 Å². The van der Waals surface area contributed by atoms with Crippen molar-refractivity contribution in [2.45, 2.75) is 94.3 Å². The van der Waals surface area contributed by atoms with Gasteiger partial charge in [0.05, 0.1) is 17.4 Å². The summed E-state index contributed by atoms with van der Waals surface area (Å²) in [6, 6.07) is 10.8. The highest BCUT2D eigenvalue weighted by molar-refractivity contribution is 5.87. The molecule has 0 saturated carbocycles. The Hall–Kier alpha value is -4.95. The zero-order valence-corrected chi connectivity index (χ0v) is 28.3. The van der Waals surface area contributed by atoms with Crippen molar-refractivity contribution in [2.24, 2.45) is 0 Å². The Kier molecular flexibility index (Phi) is 8.89. The predicted octanol–water partition coefficient (Wildman–Crippen LogP) is 3.51.